The highest BCUT2D eigenvalue weighted by molar-refractivity contribution is 5.74. The van der Waals surface area contributed by atoms with Gasteiger partial charge in [-0.05, 0) is 30.4 Å². The first-order valence-corrected chi connectivity index (χ1v) is 9.96. The number of H-pyrrole nitrogens is 1. The molecule has 4 rings (SSSR count). The van der Waals surface area contributed by atoms with Crippen LogP contribution in [0.3, 0.4) is 0 Å². The van der Waals surface area contributed by atoms with Crippen molar-refractivity contribution in [3.63, 3.8) is 0 Å². The Morgan fingerprint density at radius 3 is 3.04 bits per heavy atom. The molecule has 2 aliphatic heterocycles. The van der Waals surface area contributed by atoms with Crippen molar-refractivity contribution in [2.75, 3.05) is 13.2 Å². The molecule has 2 N–H and O–H groups in total. The van der Waals surface area contributed by atoms with E-state index in [2.05, 4.69) is 34.9 Å². The lowest BCUT2D eigenvalue weighted by molar-refractivity contribution is 0.0970. The lowest BCUT2D eigenvalue weighted by Gasteiger charge is -2.30. The van der Waals surface area contributed by atoms with Gasteiger partial charge in [0.15, 0.2) is 0 Å². The Balaban J connectivity index is 1.41. The fraction of sp³-hybridized carbons (Fsp3) is 0.550. The minimum absolute atomic E-state index is 0.0933. The summed E-state index contributed by atoms with van der Waals surface area (Å²) >= 11 is 0. The first-order valence-electron chi connectivity index (χ1n) is 9.96. The van der Waals surface area contributed by atoms with Gasteiger partial charge in [0.2, 0.25) is 5.56 Å². The van der Waals surface area contributed by atoms with Crippen LogP contribution in [0.2, 0.25) is 0 Å². The number of nitrogens with one attached hydrogen (secondary N) is 2. The molecule has 2 aromatic rings. The molecule has 8 heteroatoms. The lowest BCUT2D eigenvalue weighted by Crippen LogP contribution is -2.48. The minimum Gasteiger partial charge on any atom is -0.371 e. The van der Waals surface area contributed by atoms with E-state index >= 15 is 0 Å². The lowest BCUT2D eigenvalue weighted by atomic mass is 10.0. The van der Waals surface area contributed by atoms with Crippen LogP contribution < -0.4 is 10.9 Å². The maximum Gasteiger partial charge on any atom is 0.318 e. The quantitative estimate of drug-likeness (QED) is 0.843. The fourth-order valence-electron chi connectivity index (χ4n) is 3.81. The highest BCUT2D eigenvalue weighted by Crippen LogP contribution is 2.28. The molecule has 1 saturated heterocycles. The average molecular weight is 385 g/mol. The molecular weight excluding hydrogens is 358 g/mol. The SMILES string of the molecule is CCC(C)c1cn2c(n1)CN(C(=O)N[C@@H]1CCO[C@H]1c1ccc(=O)[nH]c1)CC2. The number of imidazole rings is 1. The number of pyridine rings is 1. The summed E-state index contributed by atoms with van der Waals surface area (Å²) in [5.74, 6) is 1.37. The van der Waals surface area contributed by atoms with Crippen LogP contribution in [0.25, 0.3) is 0 Å². The molecule has 0 spiro atoms. The van der Waals surface area contributed by atoms with Crippen LogP contribution in [0.1, 0.15) is 55.8 Å². The number of carbonyl (C=O) groups excluding carboxylic acids is 1. The van der Waals surface area contributed by atoms with Crippen molar-refractivity contribution in [2.24, 2.45) is 0 Å². The number of aromatic amines is 1. The van der Waals surface area contributed by atoms with Crippen LogP contribution in [0.5, 0.6) is 0 Å². The maximum atomic E-state index is 12.9. The number of hydrogen-bond acceptors (Lipinski definition) is 4. The highest BCUT2D eigenvalue weighted by atomic mass is 16.5. The topological polar surface area (TPSA) is 92.2 Å². The van der Waals surface area contributed by atoms with Crippen LogP contribution in [0.4, 0.5) is 4.79 Å². The van der Waals surface area contributed by atoms with Gasteiger partial charge in [0.1, 0.15) is 11.9 Å². The predicted molar refractivity (Wildman–Crippen MR) is 104 cm³/mol. The van der Waals surface area contributed by atoms with Crippen molar-refractivity contribution in [2.45, 2.75) is 57.8 Å². The van der Waals surface area contributed by atoms with Gasteiger partial charge in [-0.1, -0.05) is 13.8 Å². The van der Waals surface area contributed by atoms with Crippen LogP contribution in [0.15, 0.2) is 29.3 Å². The van der Waals surface area contributed by atoms with E-state index in [1.807, 2.05) is 4.90 Å². The minimum atomic E-state index is -0.246. The van der Waals surface area contributed by atoms with Crippen molar-refractivity contribution in [1.82, 2.24) is 24.8 Å². The van der Waals surface area contributed by atoms with Crippen LogP contribution in [-0.4, -0.2) is 44.7 Å². The molecule has 0 aliphatic carbocycles. The van der Waals surface area contributed by atoms with Gasteiger partial charge in [0.25, 0.3) is 0 Å². The Morgan fingerprint density at radius 2 is 2.29 bits per heavy atom. The molecule has 0 aromatic carbocycles. The number of rotatable bonds is 4. The Kier molecular flexibility index (Phi) is 5.21. The van der Waals surface area contributed by atoms with Gasteiger partial charge in [-0.25, -0.2) is 9.78 Å². The van der Waals surface area contributed by atoms with E-state index in [1.54, 1.807) is 12.3 Å². The molecule has 150 valence electrons. The van der Waals surface area contributed by atoms with Crippen LogP contribution >= 0.6 is 0 Å². The molecule has 2 aromatic heterocycles. The van der Waals surface area contributed by atoms with Crippen LogP contribution in [0, 0.1) is 0 Å². The predicted octanol–water partition coefficient (Wildman–Crippen LogP) is 2.14. The first-order chi connectivity index (χ1) is 13.5. The molecular formula is C20H27N5O3. The normalized spacial score (nSPS) is 22.7. The Morgan fingerprint density at radius 1 is 1.43 bits per heavy atom. The molecule has 3 atom stereocenters. The Bertz CT molecular complexity index is 885. The largest absolute Gasteiger partial charge is 0.371 e. The van der Waals surface area contributed by atoms with Crippen molar-refractivity contribution in [1.29, 1.82) is 0 Å². The van der Waals surface area contributed by atoms with E-state index in [9.17, 15) is 9.59 Å². The molecule has 0 bridgehead atoms. The number of nitrogens with zero attached hydrogens (tertiary/aromatic N) is 3. The second kappa shape index (κ2) is 7.79. The van der Waals surface area contributed by atoms with Gasteiger partial charge in [-0.2, -0.15) is 0 Å². The van der Waals surface area contributed by atoms with Gasteiger partial charge in [-0.3, -0.25) is 4.79 Å². The van der Waals surface area contributed by atoms with E-state index < -0.39 is 0 Å². The van der Waals surface area contributed by atoms with E-state index in [0.29, 0.717) is 25.6 Å². The second-order valence-corrected chi connectivity index (χ2v) is 7.63. The zero-order chi connectivity index (χ0) is 19.7. The summed E-state index contributed by atoms with van der Waals surface area (Å²) in [6, 6.07) is 3.03. The zero-order valence-corrected chi connectivity index (χ0v) is 16.4. The van der Waals surface area contributed by atoms with E-state index in [4.69, 9.17) is 9.72 Å². The summed E-state index contributed by atoms with van der Waals surface area (Å²) in [4.78, 5) is 33.4. The number of ether oxygens (including phenoxy) is 1. The third kappa shape index (κ3) is 3.69. The molecule has 8 nitrogen and oxygen atoms in total. The Labute approximate surface area is 163 Å². The van der Waals surface area contributed by atoms with Crippen molar-refractivity contribution < 1.29 is 9.53 Å². The number of aromatic nitrogens is 3. The summed E-state index contributed by atoms with van der Waals surface area (Å²) in [5.41, 5.74) is 1.82. The summed E-state index contributed by atoms with van der Waals surface area (Å²) in [6.07, 6.45) is 5.33. The smallest absolute Gasteiger partial charge is 0.318 e. The second-order valence-electron chi connectivity index (χ2n) is 7.63. The molecule has 2 amide bonds. The number of carbonyl (C=O) groups is 1. The number of urea groups is 1. The molecule has 0 radical (unpaired) electrons. The third-order valence-corrected chi connectivity index (χ3v) is 5.76. The molecule has 28 heavy (non-hydrogen) atoms. The van der Waals surface area contributed by atoms with Crippen molar-refractivity contribution >= 4 is 6.03 Å². The fourth-order valence-corrected chi connectivity index (χ4v) is 3.81. The zero-order valence-electron chi connectivity index (χ0n) is 16.4. The van der Waals surface area contributed by atoms with Crippen molar-refractivity contribution in [3.05, 3.63) is 52.0 Å². The highest BCUT2D eigenvalue weighted by Gasteiger charge is 2.33. The summed E-state index contributed by atoms with van der Waals surface area (Å²) in [7, 11) is 0. The van der Waals surface area contributed by atoms with Crippen LogP contribution in [-0.2, 0) is 17.8 Å². The number of hydrogen-bond donors (Lipinski definition) is 2. The monoisotopic (exact) mass is 385 g/mol. The average Bonchev–Trinajstić information content (AvgIpc) is 3.34. The molecule has 1 unspecified atom stereocenters. The number of fused-ring (bicyclic) bond motifs is 1. The van der Waals surface area contributed by atoms with Gasteiger partial charge < -0.3 is 24.5 Å². The van der Waals surface area contributed by atoms with E-state index in [-0.39, 0.29) is 23.7 Å². The molecule has 0 saturated carbocycles. The first kappa shape index (κ1) is 18.7. The Hall–Kier alpha value is -2.61. The maximum absolute atomic E-state index is 12.9. The van der Waals surface area contributed by atoms with E-state index in [1.165, 1.54) is 6.07 Å². The van der Waals surface area contributed by atoms with Gasteiger partial charge in [0, 0.05) is 38.2 Å². The van der Waals surface area contributed by atoms with Gasteiger partial charge >= 0.3 is 6.03 Å². The standard InChI is InChI=1S/C20H27N5O3/c1-3-13(2)16-11-24-7-8-25(12-17(24)22-16)20(27)23-15-6-9-28-19(15)14-4-5-18(26)21-10-14/h4-5,10-11,13,15,19H,3,6-9,12H2,1-2H3,(H,21,26)(H,23,27)/t13?,15-,19+/m1/s1. The molecule has 1 fully saturated rings. The molecule has 2 aliphatic rings. The summed E-state index contributed by atoms with van der Waals surface area (Å²) < 4.78 is 7.97. The summed E-state index contributed by atoms with van der Waals surface area (Å²) in [5, 5.41) is 3.12. The van der Waals surface area contributed by atoms with E-state index in [0.717, 1.165) is 36.5 Å². The van der Waals surface area contributed by atoms with Crippen molar-refractivity contribution in [3.8, 4) is 0 Å². The molecule has 4 heterocycles. The van der Waals surface area contributed by atoms with Gasteiger partial charge in [-0.15, -0.1) is 0 Å². The van der Waals surface area contributed by atoms with Gasteiger partial charge in [0.05, 0.1) is 18.3 Å². The third-order valence-electron chi connectivity index (χ3n) is 5.76. The summed E-state index contributed by atoms with van der Waals surface area (Å²) in [6.45, 7) is 6.85. The number of amides is 2.